The number of hydrogen-bond acceptors (Lipinski definition) is 4. The number of amides is 1. The first kappa shape index (κ1) is 19.5. The average molecular weight is 346 g/mol. The molecule has 1 aliphatic heterocycles. The van der Waals surface area contributed by atoms with E-state index in [1.807, 2.05) is 25.1 Å². The molecule has 0 bridgehead atoms. The summed E-state index contributed by atoms with van der Waals surface area (Å²) in [5, 5.41) is 2.93. The van der Waals surface area contributed by atoms with Crippen LogP contribution in [0.5, 0.6) is 5.75 Å². The van der Waals surface area contributed by atoms with E-state index in [1.54, 1.807) is 19.3 Å². The number of carbonyl (C=O) groups is 1. The van der Waals surface area contributed by atoms with Gasteiger partial charge in [-0.1, -0.05) is 25.5 Å². The number of nitrogens with one attached hydrogen (secondary N) is 1. The predicted octanol–water partition coefficient (Wildman–Crippen LogP) is 2.49. The third-order valence-corrected chi connectivity index (χ3v) is 4.15. The zero-order chi connectivity index (χ0) is 18.2. The largest absolute Gasteiger partial charge is 0.496 e. The smallest absolute Gasteiger partial charge is 0.244 e. The van der Waals surface area contributed by atoms with Crippen molar-refractivity contribution in [2.45, 2.75) is 26.9 Å². The van der Waals surface area contributed by atoms with Crippen LogP contribution in [0.3, 0.4) is 0 Å². The molecule has 1 saturated heterocycles. The Labute approximate surface area is 151 Å². The van der Waals surface area contributed by atoms with E-state index in [0.29, 0.717) is 12.5 Å². The minimum atomic E-state index is -0.117. The minimum absolute atomic E-state index is 0.0540. The molecule has 1 aliphatic rings. The normalized spacial score (nSPS) is 18.7. The van der Waals surface area contributed by atoms with Crippen LogP contribution in [-0.4, -0.2) is 56.8 Å². The summed E-state index contributed by atoms with van der Waals surface area (Å²) in [5.41, 5.74) is 2.02. The Balaban J connectivity index is 1.83. The summed E-state index contributed by atoms with van der Waals surface area (Å²) < 4.78 is 11.1. The van der Waals surface area contributed by atoms with Crippen molar-refractivity contribution in [2.24, 2.45) is 5.92 Å². The molecule has 138 valence electrons. The molecular weight excluding hydrogens is 316 g/mol. The van der Waals surface area contributed by atoms with Crippen LogP contribution in [0, 0.1) is 12.8 Å². The Morgan fingerprint density at radius 3 is 3.00 bits per heavy atom. The average Bonchev–Trinajstić information content (AvgIpc) is 2.58. The standard InChI is InChI=1S/C20H30N2O3/c1-15(2)13-22-9-10-25-18(14-22)12-21-20(23)8-6-17-11-16(3)5-7-19(17)24-4/h5-8,11,15,18H,9-10,12-14H2,1-4H3,(H,21,23)/b8-6+. The number of aryl methyl sites for hydroxylation is 1. The van der Waals surface area contributed by atoms with Gasteiger partial charge in [0.2, 0.25) is 5.91 Å². The number of ether oxygens (including phenoxy) is 2. The Morgan fingerprint density at radius 1 is 1.48 bits per heavy atom. The van der Waals surface area contributed by atoms with Crippen LogP contribution in [0.1, 0.15) is 25.0 Å². The third-order valence-electron chi connectivity index (χ3n) is 4.15. The number of nitrogens with zero attached hydrogens (tertiary/aromatic N) is 1. The number of benzene rings is 1. The van der Waals surface area contributed by atoms with E-state index in [9.17, 15) is 4.79 Å². The first-order valence-electron chi connectivity index (χ1n) is 8.92. The fourth-order valence-corrected chi connectivity index (χ4v) is 3.01. The molecule has 0 aromatic heterocycles. The van der Waals surface area contributed by atoms with Gasteiger partial charge in [0.25, 0.3) is 0 Å². The van der Waals surface area contributed by atoms with Crippen molar-refractivity contribution in [1.82, 2.24) is 10.2 Å². The molecule has 1 atom stereocenters. The van der Waals surface area contributed by atoms with Crippen molar-refractivity contribution in [1.29, 1.82) is 0 Å². The molecule has 0 aliphatic carbocycles. The highest BCUT2D eigenvalue weighted by Crippen LogP contribution is 2.20. The molecule has 0 spiro atoms. The van der Waals surface area contributed by atoms with Gasteiger partial charge in [0, 0.05) is 37.8 Å². The highest BCUT2D eigenvalue weighted by atomic mass is 16.5. The molecule has 1 aromatic carbocycles. The lowest BCUT2D eigenvalue weighted by atomic mass is 10.1. The first-order chi connectivity index (χ1) is 12.0. The van der Waals surface area contributed by atoms with Crippen LogP contribution in [0.4, 0.5) is 0 Å². The van der Waals surface area contributed by atoms with E-state index in [0.717, 1.165) is 43.1 Å². The number of methoxy groups -OCH3 is 1. The number of morpholine rings is 1. The highest BCUT2D eigenvalue weighted by Gasteiger charge is 2.21. The van der Waals surface area contributed by atoms with Gasteiger partial charge in [-0.25, -0.2) is 0 Å². The van der Waals surface area contributed by atoms with Gasteiger partial charge in [0.05, 0.1) is 19.8 Å². The molecular formula is C20H30N2O3. The maximum absolute atomic E-state index is 12.1. The van der Waals surface area contributed by atoms with Crippen LogP contribution in [0.2, 0.25) is 0 Å². The van der Waals surface area contributed by atoms with Gasteiger partial charge >= 0.3 is 0 Å². The summed E-state index contributed by atoms with van der Waals surface area (Å²) in [6.07, 6.45) is 3.39. The number of hydrogen-bond donors (Lipinski definition) is 1. The Bertz CT molecular complexity index is 599. The van der Waals surface area contributed by atoms with Gasteiger partial charge in [-0.15, -0.1) is 0 Å². The van der Waals surface area contributed by atoms with Gasteiger partial charge in [-0.2, -0.15) is 0 Å². The number of carbonyl (C=O) groups excluding carboxylic acids is 1. The van der Waals surface area contributed by atoms with E-state index >= 15 is 0 Å². The maximum Gasteiger partial charge on any atom is 0.244 e. The SMILES string of the molecule is COc1ccc(C)cc1/C=C/C(=O)NCC1CN(CC(C)C)CCO1. The fourth-order valence-electron chi connectivity index (χ4n) is 3.01. The van der Waals surface area contributed by atoms with E-state index in [-0.39, 0.29) is 12.0 Å². The Hall–Kier alpha value is -1.85. The summed E-state index contributed by atoms with van der Waals surface area (Å²) >= 11 is 0. The second kappa shape index (κ2) is 9.59. The van der Waals surface area contributed by atoms with Crippen molar-refractivity contribution in [3.8, 4) is 5.75 Å². The van der Waals surface area contributed by atoms with Crippen LogP contribution in [0.15, 0.2) is 24.3 Å². The fraction of sp³-hybridized carbons (Fsp3) is 0.550. The second-order valence-electron chi connectivity index (χ2n) is 6.97. The molecule has 25 heavy (non-hydrogen) atoms. The van der Waals surface area contributed by atoms with Crippen molar-refractivity contribution < 1.29 is 14.3 Å². The molecule has 1 N–H and O–H groups in total. The topological polar surface area (TPSA) is 50.8 Å². The molecule has 5 heteroatoms. The monoisotopic (exact) mass is 346 g/mol. The van der Waals surface area contributed by atoms with Crippen LogP contribution in [0.25, 0.3) is 6.08 Å². The third kappa shape index (κ3) is 6.52. The zero-order valence-corrected chi connectivity index (χ0v) is 15.7. The van der Waals surface area contributed by atoms with Gasteiger partial charge < -0.3 is 14.8 Å². The van der Waals surface area contributed by atoms with Crippen LogP contribution < -0.4 is 10.1 Å². The Kier molecular flexibility index (Phi) is 7.47. The molecule has 0 radical (unpaired) electrons. The quantitative estimate of drug-likeness (QED) is 0.771. The molecule has 1 fully saturated rings. The van der Waals surface area contributed by atoms with E-state index in [1.165, 1.54) is 0 Å². The summed E-state index contributed by atoms with van der Waals surface area (Å²) in [7, 11) is 1.63. The lowest BCUT2D eigenvalue weighted by molar-refractivity contribution is -0.117. The molecule has 1 aromatic rings. The Morgan fingerprint density at radius 2 is 2.28 bits per heavy atom. The van der Waals surface area contributed by atoms with E-state index in [2.05, 4.69) is 24.1 Å². The number of rotatable bonds is 7. The molecule has 2 rings (SSSR count). The van der Waals surface area contributed by atoms with Crippen molar-refractivity contribution in [3.63, 3.8) is 0 Å². The minimum Gasteiger partial charge on any atom is -0.496 e. The second-order valence-corrected chi connectivity index (χ2v) is 6.97. The lowest BCUT2D eigenvalue weighted by Crippen LogP contribution is -2.48. The first-order valence-corrected chi connectivity index (χ1v) is 8.92. The summed E-state index contributed by atoms with van der Waals surface area (Å²) in [5.74, 6) is 1.28. The molecule has 1 heterocycles. The molecule has 1 amide bonds. The van der Waals surface area contributed by atoms with Crippen molar-refractivity contribution in [2.75, 3.05) is 39.9 Å². The van der Waals surface area contributed by atoms with Crippen molar-refractivity contribution >= 4 is 12.0 Å². The summed E-state index contributed by atoms with van der Waals surface area (Å²) in [6.45, 7) is 10.6. The van der Waals surface area contributed by atoms with Gasteiger partial charge in [0.15, 0.2) is 0 Å². The van der Waals surface area contributed by atoms with Crippen molar-refractivity contribution in [3.05, 3.63) is 35.4 Å². The maximum atomic E-state index is 12.1. The molecule has 0 saturated carbocycles. The van der Waals surface area contributed by atoms with E-state index in [4.69, 9.17) is 9.47 Å². The predicted molar refractivity (Wildman–Crippen MR) is 101 cm³/mol. The summed E-state index contributed by atoms with van der Waals surface area (Å²) in [4.78, 5) is 14.5. The van der Waals surface area contributed by atoms with Gasteiger partial charge in [-0.05, 0) is 31.1 Å². The highest BCUT2D eigenvalue weighted by molar-refractivity contribution is 5.92. The van der Waals surface area contributed by atoms with Gasteiger partial charge in [-0.3, -0.25) is 9.69 Å². The van der Waals surface area contributed by atoms with Gasteiger partial charge in [0.1, 0.15) is 5.75 Å². The lowest BCUT2D eigenvalue weighted by Gasteiger charge is -2.33. The molecule has 1 unspecified atom stereocenters. The van der Waals surface area contributed by atoms with Crippen LogP contribution >= 0.6 is 0 Å². The van der Waals surface area contributed by atoms with E-state index < -0.39 is 0 Å². The zero-order valence-electron chi connectivity index (χ0n) is 15.7. The van der Waals surface area contributed by atoms with Crippen LogP contribution in [-0.2, 0) is 9.53 Å². The molecule has 5 nitrogen and oxygen atoms in total. The summed E-state index contributed by atoms with van der Waals surface area (Å²) in [6, 6.07) is 5.89.